The van der Waals surface area contributed by atoms with Crippen LogP contribution in [0.15, 0.2) is 61.2 Å². The van der Waals surface area contributed by atoms with Crippen molar-refractivity contribution in [2.24, 2.45) is 0 Å². The maximum Gasteiger partial charge on any atom is 0.269 e. The number of non-ortho nitro benzene ring substituents is 1. The molecule has 1 amide bonds. The van der Waals surface area contributed by atoms with Crippen molar-refractivity contribution in [3.63, 3.8) is 0 Å². The summed E-state index contributed by atoms with van der Waals surface area (Å²) < 4.78 is 1.65. The summed E-state index contributed by atoms with van der Waals surface area (Å²) in [5.74, 6) is -0.201. The lowest BCUT2D eigenvalue weighted by atomic mass is 10.1. The first-order chi connectivity index (χ1) is 12.5. The monoisotopic (exact) mass is 351 g/mol. The number of aromatic nitrogens is 3. The van der Waals surface area contributed by atoms with Crippen LogP contribution in [0, 0.1) is 10.1 Å². The molecule has 0 radical (unpaired) electrons. The molecule has 0 saturated heterocycles. The van der Waals surface area contributed by atoms with Crippen molar-refractivity contribution >= 4 is 11.6 Å². The number of hydrogen-bond acceptors (Lipinski definition) is 5. The minimum Gasteiger partial charge on any atom is -0.335 e. The third-order valence-corrected chi connectivity index (χ3v) is 4.29. The van der Waals surface area contributed by atoms with Crippen LogP contribution in [0.5, 0.6) is 0 Å². The van der Waals surface area contributed by atoms with E-state index in [1.165, 1.54) is 30.6 Å². The van der Waals surface area contributed by atoms with Gasteiger partial charge in [0, 0.05) is 24.7 Å². The van der Waals surface area contributed by atoms with Gasteiger partial charge in [0.05, 0.1) is 16.7 Å². The van der Waals surface area contributed by atoms with E-state index in [-0.39, 0.29) is 17.6 Å². The lowest BCUT2D eigenvalue weighted by Crippen LogP contribution is -2.29. The van der Waals surface area contributed by atoms with Gasteiger partial charge in [0.2, 0.25) is 0 Å². The third-order valence-electron chi connectivity index (χ3n) is 4.29. The van der Waals surface area contributed by atoms with Crippen LogP contribution in [-0.4, -0.2) is 37.5 Å². The molecule has 0 spiro atoms. The van der Waals surface area contributed by atoms with Crippen LogP contribution in [0.3, 0.4) is 0 Å². The van der Waals surface area contributed by atoms with E-state index in [1.54, 1.807) is 23.0 Å². The van der Waals surface area contributed by atoms with E-state index < -0.39 is 4.92 Å². The van der Waals surface area contributed by atoms with Crippen molar-refractivity contribution in [3.8, 4) is 5.69 Å². The second-order valence-electron chi connectivity index (χ2n) is 5.83. The summed E-state index contributed by atoms with van der Waals surface area (Å²) in [6.45, 7) is 1.92. The predicted octanol–water partition coefficient (Wildman–Crippen LogP) is 3.01. The average Bonchev–Trinajstić information content (AvgIpc) is 3.21. The van der Waals surface area contributed by atoms with E-state index in [1.807, 2.05) is 31.2 Å². The van der Waals surface area contributed by atoms with Gasteiger partial charge in [-0.25, -0.2) is 9.67 Å². The van der Waals surface area contributed by atoms with Gasteiger partial charge < -0.3 is 4.90 Å². The summed E-state index contributed by atoms with van der Waals surface area (Å²) in [6.07, 6.45) is 3.08. The van der Waals surface area contributed by atoms with Crippen LogP contribution in [0.25, 0.3) is 5.69 Å². The minimum absolute atomic E-state index is 0.0408. The quantitative estimate of drug-likeness (QED) is 0.520. The van der Waals surface area contributed by atoms with Crippen molar-refractivity contribution < 1.29 is 9.72 Å². The molecule has 0 aliphatic rings. The maximum atomic E-state index is 12.6. The highest BCUT2D eigenvalue weighted by Gasteiger charge is 2.19. The van der Waals surface area contributed by atoms with Crippen molar-refractivity contribution in [1.29, 1.82) is 0 Å². The number of nitro groups is 1. The molecule has 132 valence electrons. The molecule has 0 saturated carbocycles. The van der Waals surface area contributed by atoms with Gasteiger partial charge in [-0.1, -0.05) is 12.1 Å². The number of carbonyl (C=O) groups is 1. The smallest absolute Gasteiger partial charge is 0.269 e. The van der Waals surface area contributed by atoms with Gasteiger partial charge in [-0.15, -0.1) is 0 Å². The summed E-state index contributed by atoms with van der Waals surface area (Å²) in [6, 6.07) is 13.1. The highest BCUT2D eigenvalue weighted by Crippen LogP contribution is 2.22. The second-order valence-corrected chi connectivity index (χ2v) is 5.83. The van der Waals surface area contributed by atoms with Crippen LogP contribution in [0.1, 0.15) is 28.9 Å². The normalized spacial score (nSPS) is 11.8. The van der Waals surface area contributed by atoms with E-state index >= 15 is 0 Å². The Bertz CT molecular complexity index is 905. The van der Waals surface area contributed by atoms with Crippen LogP contribution in [-0.2, 0) is 0 Å². The van der Waals surface area contributed by atoms with E-state index in [4.69, 9.17) is 0 Å². The zero-order valence-electron chi connectivity index (χ0n) is 14.3. The number of rotatable bonds is 5. The Kier molecular flexibility index (Phi) is 4.74. The molecular weight excluding hydrogens is 334 g/mol. The first-order valence-corrected chi connectivity index (χ1v) is 7.94. The van der Waals surface area contributed by atoms with Crippen molar-refractivity contribution in [2.45, 2.75) is 13.0 Å². The van der Waals surface area contributed by atoms with E-state index in [0.717, 1.165) is 11.3 Å². The zero-order chi connectivity index (χ0) is 18.7. The maximum absolute atomic E-state index is 12.6. The zero-order valence-corrected chi connectivity index (χ0v) is 14.3. The fourth-order valence-electron chi connectivity index (χ4n) is 2.58. The predicted molar refractivity (Wildman–Crippen MR) is 95.0 cm³/mol. The van der Waals surface area contributed by atoms with E-state index in [9.17, 15) is 14.9 Å². The molecule has 2 aromatic carbocycles. The fraction of sp³-hybridized carbons (Fsp3) is 0.167. The van der Waals surface area contributed by atoms with Crippen LogP contribution in [0.4, 0.5) is 5.69 Å². The topological polar surface area (TPSA) is 94.2 Å². The lowest BCUT2D eigenvalue weighted by molar-refractivity contribution is -0.384. The standard InChI is InChI=1S/C18H17N5O3/c1-13(14-3-7-16(8-4-14)22-12-19-11-20-22)21(2)18(24)15-5-9-17(10-6-15)23(25)26/h3-13H,1-2H3/t13-/m0/s1. The molecule has 26 heavy (non-hydrogen) atoms. The molecule has 1 aromatic heterocycles. The number of benzene rings is 2. The molecule has 0 unspecified atom stereocenters. The average molecular weight is 351 g/mol. The second kappa shape index (κ2) is 7.14. The molecule has 8 heteroatoms. The molecule has 0 aliphatic carbocycles. The number of hydrogen-bond donors (Lipinski definition) is 0. The number of nitro benzene ring substituents is 1. The molecule has 0 N–H and O–H groups in total. The Balaban J connectivity index is 1.75. The van der Waals surface area contributed by atoms with Gasteiger partial charge in [0.1, 0.15) is 12.7 Å². The summed E-state index contributed by atoms with van der Waals surface area (Å²) in [5.41, 5.74) is 2.21. The SMILES string of the molecule is C[C@@H](c1ccc(-n2cncn2)cc1)N(C)C(=O)c1ccc([N+](=O)[O-])cc1. The van der Waals surface area contributed by atoms with Gasteiger partial charge in [-0.3, -0.25) is 14.9 Å². The summed E-state index contributed by atoms with van der Waals surface area (Å²) in [5, 5.41) is 14.8. The van der Waals surface area contributed by atoms with Crippen molar-refractivity contribution in [2.75, 3.05) is 7.05 Å². The Labute approximate surface area is 149 Å². The molecule has 1 heterocycles. The van der Waals surface area contributed by atoms with Crippen LogP contribution < -0.4 is 0 Å². The lowest BCUT2D eigenvalue weighted by Gasteiger charge is -2.25. The Morgan fingerprint density at radius 3 is 2.35 bits per heavy atom. The fourth-order valence-corrected chi connectivity index (χ4v) is 2.58. The number of carbonyl (C=O) groups excluding carboxylic acids is 1. The van der Waals surface area contributed by atoms with E-state index in [0.29, 0.717) is 5.56 Å². The summed E-state index contributed by atoms with van der Waals surface area (Å²) in [4.78, 5) is 28.4. The van der Waals surface area contributed by atoms with E-state index in [2.05, 4.69) is 10.1 Å². The Morgan fingerprint density at radius 1 is 1.15 bits per heavy atom. The summed E-state index contributed by atoms with van der Waals surface area (Å²) in [7, 11) is 1.71. The van der Waals surface area contributed by atoms with Gasteiger partial charge in [0.15, 0.2) is 0 Å². The van der Waals surface area contributed by atoms with Crippen molar-refractivity contribution in [1.82, 2.24) is 19.7 Å². The molecule has 0 bridgehead atoms. The number of nitrogens with zero attached hydrogens (tertiary/aromatic N) is 5. The van der Waals surface area contributed by atoms with Crippen LogP contribution >= 0.6 is 0 Å². The summed E-state index contributed by atoms with van der Waals surface area (Å²) >= 11 is 0. The van der Waals surface area contributed by atoms with Gasteiger partial charge in [0.25, 0.3) is 11.6 Å². The highest BCUT2D eigenvalue weighted by atomic mass is 16.6. The van der Waals surface area contributed by atoms with Gasteiger partial charge in [-0.05, 0) is 36.8 Å². The van der Waals surface area contributed by atoms with Crippen LogP contribution in [0.2, 0.25) is 0 Å². The van der Waals surface area contributed by atoms with Crippen molar-refractivity contribution in [3.05, 3.63) is 82.4 Å². The largest absolute Gasteiger partial charge is 0.335 e. The third kappa shape index (κ3) is 3.44. The molecule has 8 nitrogen and oxygen atoms in total. The number of amides is 1. The first kappa shape index (κ1) is 17.3. The molecule has 0 aliphatic heterocycles. The molecule has 3 rings (SSSR count). The van der Waals surface area contributed by atoms with Gasteiger partial charge in [-0.2, -0.15) is 5.10 Å². The molecule has 1 atom stereocenters. The molecule has 0 fully saturated rings. The minimum atomic E-state index is -0.489. The van der Waals surface area contributed by atoms with Gasteiger partial charge >= 0.3 is 0 Å². The molecule has 3 aromatic rings. The first-order valence-electron chi connectivity index (χ1n) is 7.94. The highest BCUT2D eigenvalue weighted by molar-refractivity contribution is 5.94. The Hall–Kier alpha value is -3.55. The molecular formula is C18H17N5O3. The Morgan fingerprint density at radius 2 is 1.81 bits per heavy atom.